The number of fused-ring (bicyclic) bond motifs is 1. The Morgan fingerprint density at radius 3 is 2.56 bits per heavy atom. The van der Waals surface area contributed by atoms with Gasteiger partial charge in [0.05, 0.1) is 20.6 Å². The van der Waals surface area contributed by atoms with Gasteiger partial charge in [0.15, 0.2) is 0 Å². The number of aryl methyl sites for hydroxylation is 1. The van der Waals surface area contributed by atoms with Crippen LogP contribution in [0.15, 0.2) is 60.8 Å². The van der Waals surface area contributed by atoms with Gasteiger partial charge < -0.3 is 15.2 Å². The van der Waals surface area contributed by atoms with Crippen LogP contribution in [0.5, 0.6) is 0 Å². The maximum absolute atomic E-state index is 12.3. The predicted octanol–water partition coefficient (Wildman–Crippen LogP) is 2.10. The molecule has 4 heteroatoms. The second-order valence-corrected chi connectivity index (χ2v) is 6.70. The average molecular weight is 336 g/mol. The van der Waals surface area contributed by atoms with Crippen molar-refractivity contribution in [2.75, 3.05) is 20.6 Å². The van der Waals surface area contributed by atoms with Crippen LogP contribution in [0.3, 0.4) is 0 Å². The van der Waals surface area contributed by atoms with Gasteiger partial charge in [0.1, 0.15) is 6.04 Å². The normalized spacial score (nSPS) is 12.4. The third kappa shape index (κ3) is 4.28. The van der Waals surface area contributed by atoms with Crippen molar-refractivity contribution >= 4 is 16.8 Å². The number of hydrogen-bond acceptors (Lipinski definition) is 1. The molecule has 0 bridgehead atoms. The first-order valence-electron chi connectivity index (χ1n) is 8.82. The Kier molecular flexibility index (Phi) is 5.51. The summed E-state index contributed by atoms with van der Waals surface area (Å²) in [4.78, 5) is 16.9. The molecule has 130 valence electrons. The summed E-state index contributed by atoms with van der Waals surface area (Å²) in [5, 5.41) is 4.31. The fraction of sp³-hybridized carbons (Fsp3) is 0.286. The molecule has 0 spiro atoms. The van der Waals surface area contributed by atoms with Gasteiger partial charge >= 0.3 is 0 Å². The van der Waals surface area contributed by atoms with E-state index in [2.05, 4.69) is 48.7 Å². The number of benzene rings is 2. The van der Waals surface area contributed by atoms with Crippen molar-refractivity contribution in [3.63, 3.8) is 0 Å². The number of aromatic amines is 1. The fourth-order valence-electron chi connectivity index (χ4n) is 3.23. The summed E-state index contributed by atoms with van der Waals surface area (Å²) in [7, 11) is 4.24. The van der Waals surface area contributed by atoms with Gasteiger partial charge in [0.25, 0.3) is 0 Å². The molecule has 1 aromatic heterocycles. The van der Waals surface area contributed by atoms with Crippen LogP contribution in [0.2, 0.25) is 0 Å². The van der Waals surface area contributed by atoms with Gasteiger partial charge in [-0.15, -0.1) is 0 Å². The number of carbonyl (C=O) groups excluding carboxylic acids is 1. The zero-order chi connectivity index (χ0) is 17.6. The summed E-state index contributed by atoms with van der Waals surface area (Å²) in [6.45, 7) is 0.652. The number of nitrogens with one attached hydrogen (secondary N) is 3. The molecular formula is C21H26N3O+. The standard InChI is InChI=1S/C21H25N3O/c1-24(2)20(16-8-4-3-5-9-16)15-23-21(25)13-12-17-14-22-19-11-7-6-10-18(17)19/h3-11,14,20,22H,12-13,15H2,1-2H3,(H,23,25)/p+1/t20-/m0/s1. The third-order valence-corrected chi connectivity index (χ3v) is 4.70. The Balaban J connectivity index is 1.55. The molecule has 3 N–H and O–H groups in total. The van der Waals surface area contributed by atoms with Crippen LogP contribution in [0.4, 0.5) is 0 Å². The molecule has 0 saturated heterocycles. The molecule has 3 aromatic rings. The highest BCUT2D eigenvalue weighted by Crippen LogP contribution is 2.18. The summed E-state index contributed by atoms with van der Waals surface area (Å²) in [5.74, 6) is 0.104. The van der Waals surface area contributed by atoms with Gasteiger partial charge in [0, 0.05) is 29.1 Å². The highest BCUT2D eigenvalue weighted by Gasteiger charge is 2.18. The van der Waals surface area contributed by atoms with Gasteiger partial charge in [-0.3, -0.25) is 4.79 Å². The minimum atomic E-state index is 0.104. The lowest BCUT2D eigenvalue weighted by atomic mass is 10.1. The Labute approximate surface area is 148 Å². The average Bonchev–Trinajstić information content (AvgIpc) is 3.04. The lowest BCUT2D eigenvalue weighted by molar-refractivity contribution is -0.890. The first-order valence-corrected chi connectivity index (χ1v) is 8.82. The van der Waals surface area contributed by atoms with E-state index in [0.29, 0.717) is 13.0 Å². The molecule has 25 heavy (non-hydrogen) atoms. The summed E-state index contributed by atoms with van der Waals surface area (Å²) < 4.78 is 0. The lowest BCUT2D eigenvalue weighted by Crippen LogP contribution is -3.07. The molecule has 3 rings (SSSR count). The number of quaternary nitrogens is 1. The molecular weight excluding hydrogens is 310 g/mol. The molecule has 4 nitrogen and oxygen atoms in total. The van der Waals surface area contributed by atoms with E-state index >= 15 is 0 Å². The molecule has 0 saturated carbocycles. The molecule has 0 radical (unpaired) electrons. The fourth-order valence-corrected chi connectivity index (χ4v) is 3.23. The van der Waals surface area contributed by atoms with Crippen molar-refractivity contribution in [3.8, 4) is 0 Å². The molecule has 0 aliphatic carbocycles. The van der Waals surface area contributed by atoms with Gasteiger partial charge in [-0.2, -0.15) is 0 Å². The topological polar surface area (TPSA) is 49.3 Å². The minimum absolute atomic E-state index is 0.104. The van der Waals surface area contributed by atoms with Crippen LogP contribution in [-0.2, 0) is 11.2 Å². The zero-order valence-electron chi connectivity index (χ0n) is 14.9. The number of aromatic nitrogens is 1. The molecule has 0 aliphatic heterocycles. The van der Waals surface area contributed by atoms with Crippen LogP contribution >= 0.6 is 0 Å². The van der Waals surface area contributed by atoms with Crippen LogP contribution in [0, 0.1) is 0 Å². The van der Waals surface area contributed by atoms with Crippen LogP contribution in [0.1, 0.15) is 23.6 Å². The van der Waals surface area contributed by atoms with Crippen molar-refractivity contribution in [2.45, 2.75) is 18.9 Å². The number of H-pyrrole nitrogens is 1. The number of amides is 1. The summed E-state index contributed by atoms with van der Waals surface area (Å²) in [6.07, 6.45) is 3.27. The first-order chi connectivity index (χ1) is 12.1. The van der Waals surface area contributed by atoms with E-state index in [-0.39, 0.29) is 11.9 Å². The zero-order valence-corrected chi connectivity index (χ0v) is 14.9. The SMILES string of the molecule is C[NH+](C)[C@@H](CNC(=O)CCc1c[nH]c2ccccc12)c1ccccc1. The summed E-state index contributed by atoms with van der Waals surface area (Å²) in [6, 6.07) is 18.8. The highest BCUT2D eigenvalue weighted by molar-refractivity contribution is 5.84. The largest absolute Gasteiger partial charge is 0.361 e. The quantitative estimate of drug-likeness (QED) is 0.608. The second-order valence-electron chi connectivity index (χ2n) is 6.70. The van der Waals surface area contributed by atoms with Crippen molar-refractivity contribution in [3.05, 3.63) is 71.9 Å². The van der Waals surface area contributed by atoms with Crippen molar-refractivity contribution in [2.24, 2.45) is 0 Å². The second kappa shape index (κ2) is 7.99. The maximum Gasteiger partial charge on any atom is 0.220 e. The molecule has 1 heterocycles. The van der Waals surface area contributed by atoms with Gasteiger partial charge in [-0.1, -0.05) is 48.5 Å². The molecule has 0 fully saturated rings. The molecule has 1 atom stereocenters. The van der Waals surface area contributed by atoms with E-state index in [0.717, 1.165) is 11.9 Å². The number of likely N-dealkylation sites (N-methyl/N-ethyl adjacent to an activating group) is 1. The van der Waals surface area contributed by atoms with E-state index in [4.69, 9.17) is 0 Å². The van der Waals surface area contributed by atoms with Crippen LogP contribution < -0.4 is 10.2 Å². The van der Waals surface area contributed by atoms with Gasteiger partial charge in [-0.05, 0) is 18.1 Å². The predicted molar refractivity (Wildman–Crippen MR) is 102 cm³/mol. The van der Waals surface area contributed by atoms with Gasteiger partial charge in [-0.25, -0.2) is 0 Å². The summed E-state index contributed by atoms with van der Waals surface area (Å²) in [5.41, 5.74) is 3.57. The van der Waals surface area contributed by atoms with Crippen molar-refractivity contribution < 1.29 is 9.69 Å². The molecule has 2 aromatic carbocycles. The van der Waals surface area contributed by atoms with E-state index in [1.807, 2.05) is 36.5 Å². The molecule has 1 amide bonds. The van der Waals surface area contributed by atoms with E-state index < -0.39 is 0 Å². The van der Waals surface area contributed by atoms with Crippen molar-refractivity contribution in [1.29, 1.82) is 0 Å². The summed E-state index contributed by atoms with van der Waals surface area (Å²) >= 11 is 0. The molecule has 0 aliphatic rings. The highest BCUT2D eigenvalue weighted by atomic mass is 16.1. The smallest absolute Gasteiger partial charge is 0.220 e. The van der Waals surface area contributed by atoms with E-state index in [9.17, 15) is 4.79 Å². The molecule has 0 unspecified atom stereocenters. The Hall–Kier alpha value is -2.59. The minimum Gasteiger partial charge on any atom is -0.361 e. The van der Waals surface area contributed by atoms with Crippen LogP contribution in [-0.4, -0.2) is 31.5 Å². The van der Waals surface area contributed by atoms with Crippen molar-refractivity contribution in [1.82, 2.24) is 10.3 Å². The number of hydrogen-bond donors (Lipinski definition) is 3. The lowest BCUT2D eigenvalue weighted by Gasteiger charge is -2.22. The van der Waals surface area contributed by atoms with E-state index in [1.54, 1.807) is 0 Å². The monoisotopic (exact) mass is 336 g/mol. The third-order valence-electron chi connectivity index (χ3n) is 4.70. The Morgan fingerprint density at radius 2 is 1.80 bits per heavy atom. The van der Waals surface area contributed by atoms with E-state index in [1.165, 1.54) is 21.4 Å². The first kappa shape index (κ1) is 17.2. The number of rotatable bonds is 7. The number of carbonyl (C=O) groups is 1. The maximum atomic E-state index is 12.3. The number of para-hydroxylation sites is 1. The Morgan fingerprint density at radius 1 is 1.08 bits per heavy atom. The van der Waals surface area contributed by atoms with Gasteiger partial charge in [0.2, 0.25) is 5.91 Å². The van der Waals surface area contributed by atoms with Crippen LogP contribution in [0.25, 0.3) is 10.9 Å². The Bertz CT molecular complexity index is 823.